The summed E-state index contributed by atoms with van der Waals surface area (Å²) in [7, 11) is 0. The Kier molecular flexibility index (Phi) is 6.31. The first kappa shape index (κ1) is 17.6. The Morgan fingerprint density at radius 1 is 1.17 bits per heavy atom. The van der Waals surface area contributed by atoms with Crippen molar-refractivity contribution in [1.29, 1.82) is 0 Å². The van der Waals surface area contributed by atoms with Gasteiger partial charge in [0.2, 0.25) is 0 Å². The van der Waals surface area contributed by atoms with Crippen LogP contribution in [-0.2, 0) is 4.79 Å². The van der Waals surface area contributed by atoms with Crippen LogP contribution < -0.4 is 10.1 Å². The first-order valence-corrected chi connectivity index (χ1v) is 8.24. The molecule has 2 aromatic rings. The molecular formula is C18H19Cl2NO2. The summed E-state index contributed by atoms with van der Waals surface area (Å²) in [6, 6.07) is 14.7. The predicted octanol–water partition coefficient (Wildman–Crippen LogP) is 5.03. The van der Waals surface area contributed by atoms with Crippen LogP contribution in [-0.4, -0.2) is 12.0 Å². The van der Waals surface area contributed by atoms with Gasteiger partial charge in [0.1, 0.15) is 5.75 Å². The molecule has 0 bridgehead atoms. The van der Waals surface area contributed by atoms with Crippen LogP contribution in [0.2, 0.25) is 10.0 Å². The van der Waals surface area contributed by atoms with E-state index in [0.717, 1.165) is 12.0 Å². The second-order valence-corrected chi connectivity index (χ2v) is 6.06. The monoisotopic (exact) mass is 351 g/mol. The van der Waals surface area contributed by atoms with Crippen LogP contribution in [0.4, 0.5) is 0 Å². The number of nitrogens with one attached hydrogen (secondary N) is 1. The molecule has 3 nitrogen and oxygen atoms in total. The number of hydrogen-bond acceptors (Lipinski definition) is 2. The quantitative estimate of drug-likeness (QED) is 0.792. The molecule has 2 rings (SSSR count). The molecule has 5 heteroatoms. The number of amides is 1. The highest BCUT2D eigenvalue weighted by atomic mass is 35.5. The van der Waals surface area contributed by atoms with Crippen LogP contribution in [0, 0.1) is 0 Å². The van der Waals surface area contributed by atoms with E-state index in [1.54, 1.807) is 25.1 Å². The molecule has 2 atom stereocenters. The molecule has 0 radical (unpaired) electrons. The predicted molar refractivity (Wildman–Crippen MR) is 94.2 cm³/mol. The van der Waals surface area contributed by atoms with E-state index in [9.17, 15) is 4.79 Å². The van der Waals surface area contributed by atoms with Crippen LogP contribution in [0.5, 0.6) is 5.75 Å². The third-order valence-corrected chi connectivity index (χ3v) is 4.02. The van der Waals surface area contributed by atoms with Crippen LogP contribution >= 0.6 is 23.2 Å². The molecule has 0 saturated heterocycles. The van der Waals surface area contributed by atoms with Gasteiger partial charge >= 0.3 is 0 Å². The van der Waals surface area contributed by atoms with Gasteiger partial charge in [0.05, 0.1) is 11.1 Å². The lowest BCUT2D eigenvalue weighted by Gasteiger charge is -2.21. The Balaban J connectivity index is 2.01. The zero-order valence-electron chi connectivity index (χ0n) is 13.1. The summed E-state index contributed by atoms with van der Waals surface area (Å²) in [6.07, 6.45) is 0.135. The average Bonchev–Trinajstić information content (AvgIpc) is 2.55. The number of carbonyl (C=O) groups excluding carboxylic acids is 1. The summed E-state index contributed by atoms with van der Waals surface area (Å²) in [5, 5.41) is 3.91. The average molecular weight is 352 g/mol. The molecule has 0 aromatic heterocycles. The van der Waals surface area contributed by atoms with Crippen molar-refractivity contribution in [1.82, 2.24) is 5.32 Å². The van der Waals surface area contributed by atoms with Gasteiger partial charge in [-0.1, -0.05) is 60.5 Å². The van der Waals surface area contributed by atoms with Crippen LogP contribution in [0.3, 0.4) is 0 Å². The summed E-state index contributed by atoms with van der Waals surface area (Å²) in [4.78, 5) is 12.4. The van der Waals surface area contributed by atoms with Crippen LogP contribution in [0.15, 0.2) is 48.5 Å². The van der Waals surface area contributed by atoms with Gasteiger partial charge in [-0.15, -0.1) is 0 Å². The maximum atomic E-state index is 12.4. The molecule has 0 aliphatic heterocycles. The minimum absolute atomic E-state index is 0.0459. The third kappa shape index (κ3) is 4.88. The molecular weight excluding hydrogens is 333 g/mol. The lowest BCUT2D eigenvalue weighted by atomic mass is 10.0. The van der Waals surface area contributed by atoms with Crippen molar-refractivity contribution in [3.05, 3.63) is 64.1 Å². The van der Waals surface area contributed by atoms with E-state index >= 15 is 0 Å². The number of ether oxygens (including phenoxy) is 1. The number of halogens is 2. The maximum Gasteiger partial charge on any atom is 0.261 e. The molecule has 0 spiro atoms. The van der Waals surface area contributed by atoms with Gasteiger partial charge in [-0.25, -0.2) is 0 Å². The summed E-state index contributed by atoms with van der Waals surface area (Å²) < 4.78 is 5.64. The molecule has 23 heavy (non-hydrogen) atoms. The van der Waals surface area contributed by atoms with Gasteiger partial charge in [-0.2, -0.15) is 0 Å². The highest BCUT2D eigenvalue weighted by Crippen LogP contribution is 2.28. The first-order valence-electron chi connectivity index (χ1n) is 7.48. The van der Waals surface area contributed by atoms with E-state index in [1.165, 1.54) is 0 Å². The lowest BCUT2D eigenvalue weighted by molar-refractivity contribution is -0.128. The fraction of sp³-hybridized carbons (Fsp3) is 0.278. The maximum absolute atomic E-state index is 12.4. The molecule has 122 valence electrons. The Morgan fingerprint density at radius 2 is 1.87 bits per heavy atom. The second-order valence-electron chi connectivity index (χ2n) is 5.21. The van der Waals surface area contributed by atoms with E-state index in [-0.39, 0.29) is 11.9 Å². The van der Waals surface area contributed by atoms with E-state index in [4.69, 9.17) is 27.9 Å². The van der Waals surface area contributed by atoms with Gasteiger partial charge < -0.3 is 10.1 Å². The molecule has 0 fully saturated rings. The van der Waals surface area contributed by atoms with Gasteiger partial charge in [0, 0.05) is 5.02 Å². The molecule has 2 aromatic carbocycles. The number of rotatable bonds is 6. The highest BCUT2D eigenvalue weighted by molar-refractivity contribution is 6.35. The summed E-state index contributed by atoms with van der Waals surface area (Å²) in [5.74, 6) is 0.248. The van der Waals surface area contributed by atoms with E-state index in [2.05, 4.69) is 5.32 Å². The molecule has 1 amide bonds. The van der Waals surface area contributed by atoms with E-state index < -0.39 is 6.10 Å². The van der Waals surface area contributed by atoms with Crippen molar-refractivity contribution >= 4 is 29.1 Å². The van der Waals surface area contributed by atoms with Crippen LogP contribution in [0.1, 0.15) is 31.9 Å². The van der Waals surface area contributed by atoms with E-state index in [0.29, 0.717) is 15.8 Å². The molecule has 0 aliphatic carbocycles. The number of benzene rings is 2. The van der Waals surface area contributed by atoms with Gasteiger partial charge in [0.15, 0.2) is 6.10 Å². The topological polar surface area (TPSA) is 38.3 Å². The molecule has 0 aliphatic rings. The van der Waals surface area contributed by atoms with E-state index in [1.807, 2.05) is 37.3 Å². The Hall–Kier alpha value is -1.71. The Morgan fingerprint density at radius 3 is 2.48 bits per heavy atom. The Labute approximate surface area is 146 Å². The number of hydrogen-bond donors (Lipinski definition) is 1. The molecule has 0 saturated carbocycles. The fourth-order valence-electron chi connectivity index (χ4n) is 2.21. The summed E-state index contributed by atoms with van der Waals surface area (Å²) in [5.41, 5.74) is 1.07. The van der Waals surface area contributed by atoms with Gasteiger partial charge in [0.25, 0.3) is 5.91 Å². The largest absolute Gasteiger partial charge is 0.479 e. The number of carbonyl (C=O) groups is 1. The standard InChI is InChI=1S/C18H19Cl2NO2/c1-3-16(13-7-5-4-6-8-13)21-18(22)12(2)23-17-10-9-14(19)11-15(17)20/h4-12,16H,3H2,1-2H3,(H,21,22). The van der Waals surface area contributed by atoms with Crippen molar-refractivity contribution in [2.24, 2.45) is 0 Å². The third-order valence-electron chi connectivity index (χ3n) is 3.49. The van der Waals surface area contributed by atoms with Gasteiger partial charge in [-0.05, 0) is 37.1 Å². The minimum atomic E-state index is -0.661. The van der Waals surface area contributed by atoms with Crippen molar-refractivity contribution in [3.8, 4) is 5.75 Å². The van der Waals surface area contributed by atoms with Crippen LogP contribution in [0.25, 0.3) is 0 Å². The van der Waals surface area contributed by atoms with Crippen molar-refractivity contribution in [2.75, 3.05) is 0 Å². The second kappa shape index (κ2) is 8.23. The molecule has 2 unspecified atom stereocenters. The summed E-state index contributed by atoms with van der Waals surface area (Å²) >= 11 is 11.9. The fourth-order valence-corrected chi connectivity index (χ4v) is 2.66. The van der Waals surface area contributed by atoms with Gasteiger partial charge in [-0.3, -0.25) is 4.79 Å². The SMILES string of the molecule is CCC(NC(=O)C(C)Oc1ccc(Cl)cc1Cl)c1ccccc1. The van der Waals surface area contributed by atoms with Crippen molar-refractivity contribution in [3.63, 3.8) is 0 Å². The van der Waals surface area contributed by atoms with Crippen molar-refractivity contribution < 1.29 is 9.53 Å². The zero-order chi connectivity index (χ0) is 16.8. The smallest absolute Gasteiger partial charge is 0.261 e. The first-order chi connectivity index (χ1) is 11.0. The minimum Gasteiger partial charge on any atom is -0.479 e. The lowest BCUT2D eigenvalue weighted by Crippen LogP contribution is -2.38. The zero-order valence-corrected chi connectivity index (χ0v) is 14.6. The summed E-state index contributed by atoms with van der Waals surface area (Å²) in [6.45, 7) is 3.72. The molecule has 0 heterocycles. The van der Waals surface area contributed by atoms with Crippen molar-refractivity contribution in [2.45, 2.75) is 32.4 Å². The molecule has 1 N–H and O–H groups in total. The normalized spacial score (nSPS) is 13.2. The highest BCUT2D eigenvalue weighted by Gasteiger charge is 2.20. The Bertz CT molecular complexity index is 661.